The van der Waals surface area contributed by atoms with Gasteiger partial charge >= 0.3 is 0 Å². The molecule has 4 N–H and O–H groups in total. The SMILES string of the molecule is Cc1cc(C(=O)N(C)Cc2cccc(O)c2)cc(-c2nc(C(C)Nc3ncnc(N)c3C#N)nn3ccc(C)c23)c1. The fourth-order valence-corrected chi connectivity index (χ4v) is 4.73. The lowest BCUT2D eigenvalue weighted by molar-refractivity contribution is 0.0785. The van der Waals surface area contributed by atoms with Gasteiger partial charge in [-0.1, -0.05) is 12.1 Å². The number of nitrogen functional groups attached to an aromatic ring is 1. The highest BCUT2D eigenvalue weighted by atomic mass is 16.3. The Morgan fingerprint density at radius 2 is 2.00 bits per heavy atom. The Kier molecular flexibility index (Phi) is 7.22. The molecule has 0 spiro atoms. The van der Waals surface area contributed by atoms with Crippen molar-refractivity contribution in [1.82, 2.24) is 29.5 Å². The Balaban J connectivity index is 1.53. The third-order valence-corrected chi connectivity index (χ3v) is 6.73. The zero-order valence-electron chi connectivity index (χ0n) is 23.1. The van der Waals surface area contributed by atoms with Crippen LogP contribution in [-0.4, -0.2) is 47.5 Å². The lowest BCUT2D eigenvalue weighted by Gasteiger charge is -2.19. The van der Waals surface area contributed by atoms with Crippen LogP contribution in [-0.2, 0) is 6.54 Å². The van der Waals surface area contributed by atoms with Gasteiger partial charge in [0.15, 0.2) is 5.82 Å². The number of rotatable bonds is 7. The van der Waals surface area contributed by atoms with Crippen molar-refractivity contribution in [3.8, 4) is 23.1 Å². The number of aryl methyl sites for hydroxylation is 2. The molecule has 11 nitrogen and oxygen atoms in total. The number of aromatic hydroxyl groups is 1. The molecule has 5 aromatic rings. The molecule has 3 heterocycles. The molecule has 1 atom stereocenters. The molecule has 41 heavy (non-hydrogen) atoms. The summed E-state index contributed by atoms with van der Waals surface area (Å²) in [7, 11) is 1.73. The maximum Gasteiger partial charge on any atom is 0.253 e. The number of nitrogens with one attached hydrogen (secondary N) is 1. The highest BCUT2D eigenvalue weighted by Gasteiger charge is 2.21. The summed E-state index contributed by atoms with van der Waals surface area (Å²) in [5.74, 6) is 0.833. The van der Waals surface area contributed by atoms with Crippen molar-refractivity contribution >= 4 is 23.1 Å². The summed E-state index contributed by atoms with van der Waals surface area (Å²) in [5.41, 5.74) is 11.5. The van der Waals surface area contributed by atoms with Crippen LogP contribution in [0.2, 0.25) is 0 Å². The molecule has 206 valence electrons. The fraction of sp³-hybridized carbons (Fsp3) is 0.200. The summed E-state index contributed by atoms with van der Waals surface area (Å²) < 4.78 is 1.77. The Bertz CT molecular complexity index is 1820. The molecule has 0 radical (unpaired) electrons. The number of phenols is 1. The van der Waals surface area contributed by atoms with E-state index in [4.69, 9.17) is 15.8 Å². The van der Waals surface area contributed by atoms with Gasteiger partial charge in [0.25, 0.3) is 5.91 Å². The van der Waals surface area contributed by atoms with Crippen molar-refractivity contribution in [2.45, 2.75) is 33.4 Å². The molecule has 0 aliphatic rings. The molecule has 0 saturated heterocycles. The summed E-state index contributed by atoms with van der Waals surface area (Å²) >= 11 is 0. The van der Waals surface area contributed by atoms with Gasteiger partial charge in [-0.15, -0.1) is 0 Å². The average molecular weight is 548 g/mol. The number of aromatic nitrogens is 5. The van der Waals surface area contributed by atoms with Crippen LogP contribution in [0.15, 0.2) is 61.1 Å². The first-order valence-corrected chi connectivity index (χ1v) is 12.9. The fourth-order valence-electron chi connectivity index (χ4n) is 4.73. The first kappa shape index (κ1) is 27.1. The third-order valence-electron chi connectivity index (χ3n) is 6.73. The van der Waals surface area contributed by atoms with Gasteiger partial charge in [0.2, 0.25) is 0 Å². The number of amides is 1. The van der Waals surface area contributed by atoms with Crippen molar-refractivity contribution in [3.05, 3.63) is 94.7 Å². The van der Waals surface area contributed by atoms with E-state index in [-0.39, 0.29) is 23.0 Å². The highest BCUT2D eigenvalue weighted by molar-refractivity contribution is 5.96. The van der Waals surface area contributed by atoms with E-state index >= 15 is 0 Å². The molecular formula is C30H29N9O2. The van der Waals surface area contributed by atoms with E-state index in [1.807, 2.05) is 63.4 Å². The number of anilines is 2. The van der Waals surface area contributed by atoms with Crippen molar-refractivity contribution < 1.29 is 9.90 Å². The standard InChI is InChI=1S/C30H29N9O2/c1-17-10-21(13-22(11-17)30(41)38(4)15-20-6-5-7-23(40)12-20)25-26-18(2)8-9-39(26)37-28(36-25)19(3)35-29-24(14-31)27(32)33-16-34-29/h5-13,16,19,40H,15H2,1-4H3,(H3,32,33,34,35). The number of hydrogen-bond donors (Lipinski definition) is 3. The van der Waals surface area contributed by atoms with Crippen molar-refractivity contribution in [2.75, 3.05) is 18.1 Å². The summed E-state index contributed by atoms with van der Waals surface area (Å²) in [6, 6.07) is 16.1. The predicted molar refractivity (Wildman–Crippen MR) is 155 cm³/mol. The number of hydrogen-bond acceptors (Lipinski definition) is 9. The van der Waals surface area contributed by atoms with Crippen LogP contribution in [0.4, 0.5) is 11.6 Å². The second-order valence-corrected chi connectivity index (χ2v) is 9.99. The summed E-state index contributed by atoms with van der Waals surface area (Å²) in [5, 5.41) is 27.2. The lowest BCUT2D eigenvalue weighted by atomic mass is 10.0. The summed E-state index contributed by atoms with van der Waals surface area (Å²) in [6.07, 6.45) is 3.15. The normalized spacial score (nSPS) is 11.7. The molecule has 0 saturated carbocycles. The second kappa shape index (κ2) is 10.9. The summed E-state index contributed by atoms with van der Waals surface area (Å²) in [6.45, 7) is 6.13. The molecule has 11 heteroatoms. The van der Waals surface area contributed by atoms with E-state index in [1.54, 1.807) is 34.7 Å². The van der Waals surface area contributed by atoms with Gasteiger partial charge in [-0.05, 0) is 73.9 Å². The number of carbonyl (C=O) groups excluding carboxylic acids is 1. The number of phenolic OH excluding ortho intramolecular Hbond substituents is 1. The zero-order chi connectivity index (χ0) is 29.3. The van der Waals surface area contributed by atoms with Gasteiger partial charge in [0, 0.05) is 30.9 Å². The first-order chi connectivity index (χ1) is 19.6. The number of benzene rings is 2. The van der Waals surface area contributed by atoms with E-state index in [9.17, 15) is 15.2 Å². The van der Waals surface area contributed by atoms with Crippen LogP contribution in [0.5, 0.6) is 5.75 Å². The molecule has 0 fully saturated rings. The molecule has 1 amide bonds. The minimum atomic E-state index is -0.443. The monoisotopic (exact) mass is 547 g/mol. The number of nitriles is 1. The van der Waals surface area contributed by atoms with Gasteiger partial charge < -0.3 is 21.1 Å². The van der Waals surface area contributed by atoms with Crippen molar-refractivity contribution in [2.24, 2.45) is 0 Å². The molecule has 2 aromatic carbocycles. The van der Waals surface area contributed by atoms with E-state index in [1.165, 1.54) is 6.33 Å². The molecule has 1 unspecified atom stereocenters. The van der Waals surface area contributed by atoms with Crippen LogP contribution in [0.25, 0.3) is 16.8 Å². The lowest BCUT2D eigenvalue weighted by Crippen LogP contribution is -2.26. The number of carbonyl (C=O) groups is 1. The van der Waals surface area contributed by atoms with Gasteiger partial charge in [0.1, 0.15) is 35.3 Å². The largest absolute Gasteiger partial charge is 0.508 e. The Labute approximate surface area is 236 Å². The average Bonchev–Trinajstić information content (AvgIpc) is 3.32. The number of fused-ring (bicyclic) bond motifs is 1. The molecule has 0 bridgehead atoms. The number of nitrogens with two attached hydrogens (primary N) is 1. The minimum absolute atomic E-state index is 0.0845. The second-order valence-electron chi connectivity index (χ2n) is 9.99. The first-order valence-electron chi connectivity index (χ1n) is 12.9. The third kappa shape index (κ3) is 5.49. The van der Waals surface area contributed by atoms with E-state index in [0.29, 0.717) is 29.4 Å². The van der Waals surface area contributed by atoms with Crippen LogP contribution in [0.1, 0.15) is 51.4 Å². The van der Waals surface area contributed by atoms with Crippen LogP contribution in [0, 0.1) is 25.2 Å². The molecule has 0 aliphatic heterocycles. The quantitative estimate of drug-likeness (QED) is 0.268. The van der Waals surface area contributed by atoms with Crippen molar-refractivity contribution in [3.63, 3.8) is 0 Å². The summed E-state index contributed by atoms with van der Waals surface area (Å²) in [4.78, 5) is 28.1. The van der Waals surface area contributed by atoms with E-state index < -0.39 is 6.04 Å². The Hall–Kier alpha value is -5.50. The van der Waals surface area contributed by atoms with E-state index in [2.05, 4.69) is 15.3 Å². The van der Waals surface area contributed by atoms with Gasteiger partial charge in [-0.3, -0.25) is 4.79 Å². The topological polar surface area (TPSA) is 158 Å². The Morgan fingerprint density at radius 1 is 1.20 bits per heavy atom. The minimum Gasteiger partial charge on any atom is -0.508 e. The molecule has 5 rings (SSSR count). The maximum atomic E-state index is 13.5. The predicted octanol–water partition coefficient (Wildman–Crippen LogP) is 4.41. The molecule has 0 aliphatic carbocycles. The van der Waals surface area contributed by atoms with Crippen LogP contribution < -0.4 is 11.1 Å². The molecule has 3 aromatic heterocycles. The Morgan fingerprint density at radius 3 is 2.76 bits per heavy atom. The number of nitrogens with zero attached hydrogens (tertiary/aromatic N) is 7. The van der Waals surface area contributed by atoms with Gasteiger partial charge in [-0.25, -0.2) is 19.5 Å². The van der Waals surface area contributed by atoms with Gasteiger partial charge in [0.05, 0.1) is 17.3 Å². The zero-order valence-corrected chi connectivity index (χ0v) is 23.1. The smallest absolute Gasteiger partial charge is 0.253 e. The van der Waals surface area contributed by atoms with Crippen molar-refractivity contribution in [1.29, 1.82) is 5.26 Å². The van der Waals surface area contributed by atoms with Crippen LogP contribution >= 0.6 is 0 Å². The van der Waals surface area contributed by atoms with Gasteiger partial charge in [-0.2, -0.15) is 10.4 Å². The maximum absolute atomic E-state index is 13.5. The van der Waals surface area contributed by atoms with E-state index in [0.717, 1.165) is 27.8 Å². The molecular weight excluding hydrogens is 518 g/mol. The highest BCUT2D eigenvalue weighted by Crippen LogP contribution is 2.30. The van der Waals surface area contributed by atoms with Crippen LogP contribution in [0.3, 0.4) is 0 Å².